The van der Waals surface area contributed by atoms with Gasteiger partial charge in [0.15, 0.2) is 0 Å². The molecule has 0 bridgehead atoms. The molecule has 0 fully saturated rings. The molecule has 2 aromatic carbocycles. The van der Waals surface area contributed by atoms with Crippen LogP contribution in [0.15, 0.2) is 24.3 Å². The summed E-state index contributed by atoms with van der Waals surface area (Å²) in [7, 11) is 0. The lowest BCUT2D eigenvalue weighted by Crippen LogP contribution is -1.87. The van der Waals surface area contributed by atoms with Gasteiger partial charge in [0, 0.05) is 5.02 Å². The zero-order valence-electron chi connectivity index (χ0n) is 9.10. The molecule has 77 valence electrons. The number of rotatable bonds is 2. The molecule has 2 aromatic rings. The topological polar surface area (TPSA) is 0 Å². The van der Waals surface area contributed by atoms with Crippen LogP contribution in [0.5, 0.6) is 0 Å². The van der Waals surface area contributed by atoms with E-state index in [1.54, 1.807) is 0 Å². The molecule has 0 spiro atoms. The molecule has 0 amide bonds. The Bertz CT molecular complexity index is 486. The molecule has 1 heteroatoms. The van der Waals surface area contributed by atoms with Crippen LogP contribution < -0.4 is 0 Å². The summed E-state index contributed by atoms with van der Waals surface area (Å²) >= 11 is 5.98. The minimum Gasteiger partial charge on any atom is -0.0843 e. The molecule has 0 saturated carbocycles. The summed E-state index contributed by atoms with van der Waals surface area (Å²) in [4.78, 5) is 0. The van der Waals surface area contributed by atoms with Gasteiger partial charge in [0.1, 0.15) is 0 Å². The molecule has 0 heterocycles. The molecule has 0 aliphatic heterocycles. The van der Waals surface area contributed by atoms with Gasteiger partial charge in [-0.05, 0) is 53.4 Å². The second kappa shape index (κ2) is 4.24. The molecule has 0 aliphatic carbocycles. The fourth-order valence-corrected chi connectivity index (χ4v) is 2.08. The average Bonchev–Trinajstić information content (AvgIpc) is 2.20. The van der Waals surface area contributed by atoms with E-state index >= 15 is 0 Å². The summed E-state index contributed by atoms with van der Waals surface area (Å²) in [6.07, 6.45) is 2.26. The minimum atomic E-state index is 0.794. The molecular weight excluding hydrogens is 204 g/mol. The summed E-state index contributed by atoms with van der Waals surface area (Å²) in [6.45, 7) is 4.32. The van der Waals surface area contributed by atoms with E-state index in [1.807, 2.05) is 18.2 Å². The van der Waals surface area contributed by atoms with E-state index < -0.39 is 0 Å². The summed E-state index contributed by atoms with van der Waals surface area (Å²) in [5.74, 6) is 0. The van der Waals surface area contributed by atoms with Crippen molar-refractivity contribution >= 4 is 22.4 Å². The van der Waals surface area contributed by atoms with Crippen LogP contribution in [-0.4, -0.2) is 0 Å². The zero-order valence-corrected chi connectivity index (χ0v) is 9.86. The highest BCUT2D eigenvalue weighted by molar-refractivity contribution is 6.31. The Morgan fingerprint density at radius 3 is 2.80 bits per heavy atom. The van der Waals surface area contributed by atoms with Crippen LogP contribution in [0, 0.1) is 13.0 Å². The van der Waals surface area contributed by atoms with Crippen LogP contribution in [0.25, 0.3) is 10.8 Å². The largest absolute Gasteiger partial charge is 0.0843 e. The van der Waals surface area contributed by atoms with Gasteiger partial charge in [0.2, 0.25) is 0 Å². The summed E-state index contributed by atoms with van der Waals surface area (Å²) in [5.41, 5.74) is 2.58. The van der Waals surface area contributed by atoms with Gasteiger partial charge >= 0.3 is 0 Å². The van der Waals surface area contributed by atoms with E-state index in [-0.39, 0.29) is 0 Å². The Labute approximate surface area is 95.9 Å². The second-order valence-electron chi connectivity index (χ2n) is 3.92. The SMILES string of the molecule is CCCc1[c]c2ccc(Cl)cc2c(C)c1. The first-order valence-corrected chi connectivity index (χ1v) is 5.69. The van der Waals surface area contributed by atoms with Gasteiger partial charge in [0.05, 0.1) is 0 Å². The quantitative estimate of drug-likeness (QED) is 0.692. The van der Waals surface area contributed by atoms with Crippen LogP contribution in [0.4, 0.5) is 0 Å². The van der Waals surface area contributed by atoms with Crippen LogP contribution in [0.1, 0.15) is 24.5 Å². The molecule has 0 N–H and O–H groups in total. The molecule has 15 heavy (non-hydrogen) atoms. The second-order valence-corrected chi connectivity index (χ2v) is 4.35. The summed E-state index contributed by atoms with van der Waals surface area (Å²) in [5, 5.41) is 3.17. The van der Waals surface area contributed by atoms with E-state index in [4.69, 9.17) is 11.6 Å². The van der Waals surface area contributed by atoms with E-state index in [1.165, 1.54) is 21.9 Å². The third kappa shape index (κ3) is 2.15. The van der Waals surface area contributed by atoms with Gasteiger partial charge in [-0.1, -0.05) is 37.1 Å². The maximum atomic E-state index is 5.98. The average molecular weight is 218 g/mol. The Kier molecular flexibility index (Phi) is 2.97. The van der Waals surface area contributed by atoms with Crippen LogP contribution in [0.3, 0.4) is 0 Å². The summed E-state index contributed by atoms with van der Waals surface area (Å²) < 4.78 is 0. The fraction of sp³-hybridized carbons (Fsp3) is 0.286. The van der Waals surface area contributed by atoms with Crippen molar-refractivity contribution in [2.45, 2.75) is 26.7 Å². The molecule has 0 saturated heterocycles. The normalized spacial score (nSPS) is 10.9. The van der Waals surface area contributed by atoms with E-state index in [0.717, 1.165) is 17.9 Å². The lowest BCUT2D eigenvalue weighted by atomic mass is 10.00. The van der Waals surface area contributed by atoms with Crippen molar-refractivity contribution < 1.29 is 0 Å². The molecule has 1 radical (unpaired) electrons. The number of halogens is 1. The first kappa shape index (κ1) is 10.5. The van der Waals surface area contributed by atoms with Gasteiger partial charge in [-0.2, -0.15) is 0 Å². The monoisotopic (exact) mass is 217 g/mol. The third-order valence-corrected chi connectivity index (χ3v) is 2.85. The number of hydrogen-bond acceptors (Lipinski definition) is 0. The van der Waals surface area contributed by atoms with Crippen molar-refractivity contribution in [1.82, 2.24) is 0 Å². The van der Waals surface area contributed by atoms with Gasteiger partial charge in [0.25, 0.3) is 0 Å². The number of aryl methyl sites for hydroxylation is 2. The highest BCUT2D eigenvalue weighted by Gasteiger charge is 2.01. The first-order chi connectivity index (χ1) is 7.20. The third-order valence-electron chi connectivity index (χ3n) is 2.61. The van der Waals surface area contributed by atoms with Gasteiger partial charge < -0.3 is 0 Å². The number of hydrogen-bond donors (Lipinski definition) is 0. The lowest BCUT2D eigenvalue weighted by molar-refractivity contribution is 0.921. The van der Waals surface area contributed by atoms with E-state index in [0.29, 0.717) is 0 Å². The van der Waals surface area contributed by atoms with Crippen molar-refractivity contribution in [3.05, 3.63) is 46.5 Å². The summed E-state index contributed by atoms with van der Waals surface area (Å²) in [6, 6.07) is 11.6. The maximum absolute atomic E-state index is 5.98. The first-order valence-electron chi connectivity index (χ1n) is 5.32. The zero-order chi connectivity index (χ0) is 10.8. The van der Waals surface area contributed by atoms with Crippen LogP contribution in [0.2, 0.25) is 5.02 Å². The van der Waals surface area contributed by atoms with Crippen molar-refractivity contribution in [3.63, 3.8) is 0 Å². The lowest BCUT2D eigenvalue weighted by Gasteiger charge is -2.06. The standard InChI is InChI=1S/C14H14Cl/c1-3-4-11-7-10(2)14-9-13(15)6-5-12(14)8-11/h5-7,9H,3-4H2,1-2H3. The maximum Gasteiger partial charge on any atom is 0.0412 e. The molecule has 0 nitrogen and oxygen atoms in total. The molecular formula is C14H14Cl. The Hall–Kier alpha value is -1.01. The number of fused-ring (bicyclic) bond motifs is 1. The molecule has 0 unspecified atom stereocenters. The van der Waals surface area contributed by atoms with Crippen molar-refractivity contribution in [3.8, 4) is 0 Å². The minimum absolute atomic E-state index is 0.794. The van der Waals surface area contributed by atoms with Crippen LogP contribution >= 0.6 is 11.6 Å². The van der Waals surface area contributed by atoms with Crippen molar-refractivity contribution in [1.29, 1.82) is 0 Å². The predicted octanol–water partition coefficient (Wildman–Crippen LogP) is 4.55. The van der Waals surface area contributed by atoms with Gasteiger partial charge in [-0.25, -0.2) is 0 Å². The van der Waals surface area contributed by atoms with Gasteiger partial charge in [-0.3, -0.25) is 0 Å². The molecule has 0 aliphatic rings. The van der Waals surface area contributed by atoms with Gasteiger partial charge in [-0.15, -0.1) is 0 Å². The van der Waals surface area contributed by atoms with E-state index in [9.17, 15) is 0 Å². The molecule has 2 rings (SSSR count). The predicted molar refractivity (Wildman–Crippen MR) is 66.5 cm³/mol. The van der Waals surface area contributed by atoms with Crippen molar-refractivity contribution in [2.75, 3.05) is 0 Å². The Balaban J connectivity index is 2.62. The Morgan fingerprint density at radius 1 is 1.27 bits per heavy atom. The van der Waals surface area contributed by atoms with E-state index in [2.05, 4.69) is 26.0 Å². The molecule has 0 atom stereocenters. The molecule has 0 aromatic heterocycles. The van der Waals surface area contributed by atoms with Crippen LogP contribution in [-0.2, 0) is 6.42 Å². The smallest absolute Gasteiger partial charge is 0.0412 e. The van der Waals surface area contributed by atoms with Crippen molar-refractivity contribution in [2.24, 2.45) is 0 Å². The number of benzene rings is 2. The Morgan fingerprint density at radius 2 is 2.07 bits per heavy atom. The fourth-order valence-electron chi connectivity index (χ4n) is 1.90. The highest BCUT2D eigenvalue weighted by atomic mass is 35.5. The highest BCUT2D eigenvalue weighted by Crippen LogP contribution is 2.24.